The van der Waals surface area contributed by atoms with Crippen molar-refractivity contribution in [1.82, 2.24) is 4.98 Å². The van der Waals surface area contributed by atoms with Gasteiger partial charge in [-0.05, 0) is 25.5 Å². The van der Waals surface area contributed by atoms with E-state index < -0.39 is 17.1 Å². The van der Waals surface area contributed by atoms with Crippen LogP contribution in [0.3, 0.4) is 0 Å². The summed E-state index contributed by atoms with van der Waals surface area (Å²) in [7, 11) is 0. The van der Waals surface area contributed by atoms with Gasteiger partial charge >= 0.3 is 0 Å². The van der Waals surface area contributed by atoms with Crippen LogP contribution in [-0.4, -0.2) is 16.6 Å². The molecule has 0 aromatic carbocycles. The first-order chi connectivity index (χ1) is 9.40. The molecular formula is C14H10N2O4. The lowest BCUT2D eigenvalue weighted by Gasteiger charge is -2.17. The van der Waals surface area contributed by atoms with Gasteiger partial charge < -0.3 is 10.2 Å². The molecule has 2 aromatic heterocycles. The molecule has 0 atom stereocenters. The quantitative estimate of drug-likeness (QED) is 0.472. The maximum Gasteiger partial charge on any atom is 0.277 e. The first kappa shape index (κ1) is 12.3. The number of aryl methyl sites for hydroxylation is 2. The minimum Gasteiger partial charge on any atom is -0.618 e. The van der Waals surface area contributed by atoms with Crippen LogP contribution in [0.2, 0.25) is 0 Å². The van der Waals surface area contributed by atoms with Gasteiger partial charge in [0.15, 0.2) is 6.20 Å². The fourth-order valence-corrected chi connectivity index (χ4v) is 2.50. The predicted molar refractivity (Wildman–Crippen MR) is 68.8 cm³/mol. The zero-order chi connectivity index (χ0) is 14.6. The van der Waals surface area contributed by atoms with Crippen molar-refractivity contribution >= 4 is 11.6 Å². The predicted octanol–water partition coefficient (Wildman–Crippen LogP) is 0.401. The average Bonchev–Trinajstić information content (AvgIpc) is 2.34. The Balaban J connectivity index is 2.43. The second kappa shape index (κ2) is 3.86. The number of nitrogens with zero attached hydrogens (tertiary/aromatic N) is 1. The minimum atomic E-state index is -0.634. The first-order valence-corrected chi connectivity index (χ1v) is 5.97. The van der Waals surface area contributed by atoms with Crippen molar-refractivity contribution in [2.24, 2.45) is 0 Å². The fraction of sp³-hybridized carbons (Fsp3) is 0.143. The van der Waals surface area contributed by atoms with Gasteiger partial charge in [-0.15, -0.1) is 0 Å². The van der Waals surface area contributed by atoms with Gasteiger partial charge in [0.1, 0.15) is 11.3 Å². The standard InChI is InChI=1S/C14H10N2O4/c1-6-3-8-12(16(20)5-6)14(19)11-10(13(8)18)7(2)4-9(17)15-11/h3-5H,1-2H3,(H,15,17). The molecule has 3 rings (SSSR count). The Kier molecular flexibility index (Phi) is 2.37. The van der Waals surface area contributed by atoms with Gasteiger partial charge in [-0.3, -0.25) is 14.4 Å². The van der Waals surface area contributed by atoms with Gasteiger partial charge in [0.2, 0.25) is 11.3 Å². The van der Waals surface area contributed by atoms with E-state index in [-0.39, 0.29) is 22.5 Å². The molecule has 2 heterocycles. The lowest BCUT2D eigenvalue weighted by molar-refractivity contribution is -0.608. The van der Waals surface area contributed by atoms with Crippen molar-refractivity contribution in [1.29, 1.82) is 0 Å². The summed E-state index contributed by atoms with van der Waals surface area (Å²) in [5.41, 5.74) is 0.420. The second-order valence-electron chi connectivity index (χ2n) is 4.83. The molecule has 100 valence electrons. The highest BCUT2D eigenvalue weighted by Gasteiger charge is 2.38. The molecule has 0 radical (unpaired) electrons. The van der Waals surface area contributed by atoms with E-state index in [4.69, 9.17) is 0 Å². The van der Waals surface area contributed by atoms with Crippen molar-refractivity contribution in [3.8, 4) is 0 Å². The monoisotopic (exact) mass is 270 g/mol. The summed E-state index contributed by atoms with van der Waals surface area (Å²) in [6.45, 7) is 3.26. The van der Waals surface area contributed by atoms with Crippen LogP contribution in [0.5, 0.6) is 0 Å². The van der Waals surface area contributed by atoms with Gasteiger partial charge in [0, 0.05) is 11.6 Å². The molecule has 0 spiro atoms. The molecule has 6 heteroatoms. The number of hydrogen-bond acceptors (Lipinski definition) is 4. The van der Waals surface area contributed by atoms with E-state index in [9.17, 15) is 19.6 Å². The van der Waals surface area contributed by atoms with Crippen LogP contribution in [-0.2, 0) is 0 Å². The number of carbonyl (C=O) groups is 2. The maximum atomic E-state index is 12.5. The molecule has 6 nitrogen and oxygen atoms in total. The minimum absolute atomic E-state index is 0.0765. The van der Waals surface area contributed by atoms with Crippen LogP contribution < -0.4 is 10.3 Å². The number of ketones is 2. The van der Waals surface area contributed by atoms with E-state index in [1.54, 1.807) is 13.8 Å². The summed E-state index contributed by atoms with van der Waals surface area (Å²) in [5, 5.41) is 11.9. The van der Waals surface area contributed by atoms with Crippen molar-refractivity contribution in [3.05, 3.63) is 67.5 Å². The molecule has 1 aliphatic rings. The van der Waals surface area contributed by atoms with E-state index in [2.05, 4.69) is 4.98 Å². The van der Waals surface area contributed by atoms with Gasteiger partial charge in [0.05, 0.1) is 5.56 Å². The van der Waals surface area contributed by atoms with Crippen LogP contribution in [0, 0.1) is 19.1 Å². The van der Waals surface area contributed by atoms with E-state index in [1.807, 2.05) is 0 Å². The highest BCUT2D eigenvalue weighted by molar-refractivity contribution is 6.26. The number of pyridine rings is 2. The van der Waals surface area contributed by atoms with E-state index in [0.717, 1.165) is 0 Å². The number of hydrogen-bond donors (Lipinski definition) is 1. The third-order valence-corrected chi connectivity index (χ3v) is 3.32. The molecule has 0 bridgehead atoms. The molecule has 0 saturated carbocycles. The average molecular weight is 270 g/mol. The number of fused-ring (bicyclic) bond motifs is 2. The van der Waals surface area contributed by atoms with Crippen LogP contribution in [0.15, 0.2) is 23.1 Å². The Labute approximate surface area is 113 Å². The summed E-state index contributed by atoms with van der Waals surface area (Å²) in [4.78, 5) is 38.6. The Morgan fingerprint density at radius 2 is 1.80 bits per heavy atom. The molecular weight excluding hydrogens is 260 g/mol. The van der Waals surface area contributed by atoms with Crippen molar-refractivity contribution in [2.75, 3.05) is 0 Å². The zero-order valence-corrected chi connectivity index (χ0v) is 10.8. The van der Waals surface area contributed by atoms with Crippen LogP contribution in [0.4, 0.5) is 0 Å². The number of aromatic amines is 1. The molecule has 1 aliphatic carbocycles. The van der Waals surface area contributed by atoms with E-state index in [0.29, 0.717) is 15.9 Å². The number of rotatable bonds is 0. The van der Waals surface area contributed by atoms with Crippen LogP contribution in [0.25, 0.3) is 0 Å². The molecule has 0 fully saturated rings. The van der Waals surface area contributed by atoms with Gasteiger partial charge in [-0.2, -0.15) is 4.73 Å². The highest BCUT2D eigenvalue weighted by Crippen LogP contribution is 2.25. The second-order valence-corrected chi connectivity index (χ2v) is 4.83. The molecule has 0 saturated heterocycles. The van der Waals surface area contributed by atoms with Gasteiger partial charge in [0.25, 0.3) is 11.5 Å². The Hall–Kier alpha value is -2.76. The van der Waals surface area contributed by atoms with Gasteiger partial charge in [-0.25, -0.2) is 0 Å². The Morgan fingerprint density at radius 3 is 2.50 bits per heavy atom. The largest absolute Gasteiger partial charge is 0.618 e. The molecule has 0 unspecified atom stereocenters. The van der Waals surface area contributed by atoms with E-state index in [1.165, 1.54) is 18.3 Å². The van der Waals surface area contributed by atoms with Crippen LogP contribution in [0.1, 0.15) is 43.2 Å². The van der Waals surface area contributed by atoms with Crippen LogP contribution >= 0.6 is 0 Å². The molecule has 1 N–H and O–H groups in total. The third-order valence-electron chi connectivity index (χ3n) is 3.32. The van der Waals surface area contributed by atoms with Gasteiger partial charge in [-0.1, -0.05) is 0 Å². The maximum absolute atomic E-state index is 12.5. The Bertz CT molecular complexity index is 849. The summed E-state index contributed by atoms with van der Waals surface area (Å²) < 4.78 is 0.383. The Morgan fingerprint density at radius 1 is 1.10 bits per heavy atom. The summed E-state index contributed by atoms with van der Waals surface area (Å²) in [5.74, 6) is -1.05. The number of H-pyrrole nitrogens is 1. The summed E-state index contributed by atoms with van der Waals surface area (Å²) >= 11 is 0. The molecule has 2 aromatic rings. The number of aromatic nitrogens is 2. The normalized spacial score (nSPS) is 13.1. The SMILES string of the molecule is Cc1cc2c([n+]([O-])c1)C(=O)c1[nH]c(=O)cc(C)c1C2=O. The topological polar surface area (TPSA) is 93.9 Å². The third kappa shape index (κ3) is 1.51. The molecule has 0 aliphatic heterocycles. The highest BCUT2D eigenvalue weighted by atomic mass is 16.5. The number of nitrogens with one attached hydrogen (secondary N) is 1. The van der Waals surface area contributed by atoms with Crippen molar-refractivity contribution in [2.45, 2.75) is 13.8 Å². The van der Waals surface area contributed by atoms with E-state index >= 15 is 0 Å². The summed E-state index contributed by atoms with van der Waals surface area (Å²) in [6, 6.07) is 2.77. The van der Waals surface area contributed by atoms with Crippen molar-refractivity contribution in [3.63, 3.8) is 0 Å². The number of carbonyl (C=O) groups excluding carboxylic acids is 2. The zero-order valence-electron chi connectivity index (χ0n) is 10.8. The fourth-order valence-electron chi connectivity index (χ4n) is 2.50. The lowest BCUT2D eigenvalue weighted by atomic mass is 9.87. The molecule has 20 heavy (non-hydrogen) atoms. The van der Waals surface area contributed by atoms with Crippen molar-refractivity contribution < 1.29 is 14.3 Å². The lowest BCUT2D eigenvalue weighted by Crippen LogP contribution is -2.41. The smallest absolute Gasteiger partial charge is 0.277 e. The summed E-state index contributed by atoms with van der Waals surface area (Å²) in [6.07, 6.45) is 1.23. The molecule has 0 amide bonds. The first-order valence-electron chi connectivity index (χ1n) is 5.97.